The minimum atomic E-state index is -0.383. The van der Waals surface area contributed by atoms with Gasteiger partial charge in [-0.3, -0.25) is 9.59 Å². The van der Waals surface area contributed by atoms with Crippen LogP contribution in [0.5, 0.6) is 0 Å². The normalized spacial score (nSPS) is 14.2. The van der Waals surface area contributed by atoms with Gasteiger partial charge in [-0.05, 0) is 32.0 Å². The van der Waals surface area contributed by atoms with Crippen LogP contribution in [0.15, 0.2) is 47.4 Å². The molecule has 0 radical (unpaired) electrons. The van der Waals surface area contributed by atoms with E-state index in [-0.39, 0.29) is 22.3 Å². The molecule has 4 aromatic rings. The van der Waals surface area contributed by atoms with E-state index in [1.807, 2.05) is 43.0 Å². The Kier molecular flexibility index (Phi) is 5.29. The SMILES string of the molecule is Cc1cc(C)n2nc(C(=O)N3CCN(c4cnn(-c5ccccc5)c(=O)c4Cl)CC3)nc2n1. The maximum absolute atomic E-state index is 13.0. The number of amides is 1. The lowest BCUT2D eigenvalue weighted by Gasteiger charge is -2.35. The monoisotopic (exact) mass is 464 g/mol. The summed E-state index contributed by atoms with van der Waals surface area (Å²) >= 11 is 6.42. The van der Waals surface area contributed by atoms with Gasteiger partial charge in [0.15, 0.2) is 0 Å². The molecule has 1 aliphatic rings. The van der Waals surface area contributed by atoms with Crippen molar-refractivity contribution in [3.8, 4) is 5.69 Å². The van der Waals surface area contributed by atoms with Crippen LogP contribution in [0.2, 0.25) is 5.02 Å². The first-order valence-corrected chi connectivity index (χ1v) is 10.9. The molecule has 5 rings (SSSR count). The van der Waals surface area contributed by atoms with Crippen LogP contribution >= 0.6 is 11.6 Å². The minimum Gasteiger partial charge on any atom is -0.365 e. The number of hydrogen-bond donors (Lipinski definition) is 0. The Balaban J connectivity index is 1.32. The van der Waals surface area contributed by atoms with Crippen LogP contribution in [-0.2, 0) is 0 Å². The summed E-state index contributed by atoms with van der Waals surface area (Å²) in [5.74, 6) is 0.280. The zero-order valence-electron chi connectivity index (χ0n) is 18.1. The van der Waals surface area contributed by atoms with E-state index < -0.39 is 0 Å². The molecule has 0 bridgehead atoms. The molecule has 1 aromatic carbocycles. The van der Waals surface area contributed by atoms with E-state index in [1.54, 1.807) is 27.7 Å². The highest BCUT2D eigenvalue weighted by molar-refractivity contribution is 6.33. The molecule has 0 atom stereocenters. The number of para-hydroxylation sites is 1. The van der Waals surface area contributed by atoms with Crippen molar-refractivity contribution in [1.29, 1.82) is 0 Å². The summed E-state index contributed by atoms with van der Waals surface area (Å²) in [4.78, 5) is 38.1. The van der Waals surface area contributed by atoms with Gasteiger partial charge in [-0.2, -0.15) is 14.8 Å². The molecule has 10 nitrogen and oxygen atoms in total. The molecule has 3 aromatic heterocycles. The zero-order valence-corrected chi connectivity index (χ0v) is 18.9. The summed E-state index contributed by atoms with van der Waals surface area (Å²) in [7, 11) is 0. The first-order chi connectivity index (χ1) is 15.9. The van der Waals surface area contributed by atoms with Gasteiger partial charge in [0.2, 0.25) is 5.82 Å². The summed E-state index contributed by atoms with van der Waals surface area (Å²) in [5.41, 5.74) is 2.50. The fourth-order valence-electron chi connectivity index (χ4n) is 3.95. The number of carbonyl (C=O) groups excluding carboxylic acids is 1. The molecule has 1 fully saturated rings. The lowest BCUT2D eigenvalue weighted by Crippen LogP contribution is -2.49. The Morgan fingerprint density at radius 2 is 1.76 bits per heavy atom. The molecule has 0 N–H and O–H groups in total. The number of nitrogens with zero attached hydrogens (tertiary/aromatic N) is 8. The van der Waals surface area contributed by atoms with Crippen molar-refractivity contribution in [2.45, 2.75) is 13.8 Å². The molecule has 11 heteroatoms. The van der Waals surface area contributed by atoms with Crippen molar-refractivity contribution < 1.29 is 4.79 Å². The molecular weight excluding hydrogens is 444 g/mol. The van der Waals surface area contributed by atoms with Gasteiger partial charge in [0.25, 0.3) is 17.2 Å². The number of piperazine rings is 1. The Hall–Kier alpha value is -3.79. The third-order valence-electron chi connectivity index (χ3n) is 5.62. The summed E-state index contributed by atoms with van der Waals surface area (Å²) in [6.07, 6.45) is 1.59. The quantitative estimate of drug-likeness (QED) is 0.456. The number of rotatable bonds is 3. The van der Waals surface area contributed by atoms with Crippen LogP contribution < -0.4 is 10.5 Å². The molecule has 0 unspecified atom stereocenters. The van der Waals surface area contributed by atoms with E-state index in [4.69, 9.17) is 11.6 Å². The molecule has 33 heavy (non-hydrogen) atoms. The van der Waals surface area contributed by atoms with Crippen molar-refractivity contribution >= 4 is 29.0 Å². The minimum absolute atomic E-state index is 0.104. The van der Waals surface area contributed by atoms with E-state index in [1.165, 1.54) is 4.68 Å². The maximum atomic E-state index is 13.0. The standard InChI is InChI=1S/C22H21ClN8O2/c1-14-12-15(2)30-22(25-14)26-19(27-30)21(33)29-10-8-28(9-11-29)17-13-24-31(20(32)18(17)23)16-6-4-3-5-7-16/h3-7,12-13H,8-11H2,1-2H3. The molecule has 1 saturated heterocycles. The first kappa shape index (κ1) is 21.1. The second-order valence-electron chi connectivity index (χ2n) is 7.86. The maximum Gasteiger partial charge on any atom is 0.293 e. The van der Waals surface area contributed by atoms with Crippen LogP contribution in [0.25, 0.3) is 11.5 Å². The molecule has 168 valence electrons. The van der Waals surface area contributed by atoms with E-state index in [2.05, 4.69) is 20.2 Å². The lowest BCUT2D eigenvalue weighted by molar-refractivity contribution is 0.0734. The number of hydrogen-bond acceptors (Lipinski definition) is 7. The van der Waals surface area contributed by atoms with E-state index >= 15 is 0 Å². The smallest absolute Gasteiger partial charge is 0.293 e. The van der Waals surface area contributed by atoms with Gasteiger partial charge < -0.3 is 9.80 Å². The highest BCUT2D eigenvalue weighted by atomic mass is 35.5. The third-order valence-corrected chi connectivity index (χ3v) is 5.97. The molecule has 1 amide bonds. The van der Waals surface area contributed by atoms with Crippen molar-refractivity contribution in [1.82, 2.24) is 34.3 Å². The Morgan fingerprint density at radius 1 is 1.03 bits per heavy atom. The fraction of sp³-hybridized carbons (Fsp3) is 0.273. The number of carbonyl (C=O) groups is 1. The average Bonchev–Trinajstić information content (AvgIpc) is 3.25. The number of benzene rings is 1. The Bertz CT molecular complexity index is 1410. The van der Waals surface area contributed by atoms with Crippen LogP contribution in [0.4, 0.5) is 5.69 Å². The van der Waals surface area contributed by atoms with Crippen molar-refractivity contribution in [2.24, 2.45) is 0 Å². The molecule has 0 aliphatic carbocycles. The molecule has 0 spiro atoms. The van der Waals surface area contributed by atoms with Crippen LogP contribution in [0, 0.1) is 13.8 Å². The van der Waals surface area contributed by atoms with Gasteiger partial charge in [-0.15, -0.1) is 5.10 Å². The summed E-state index contributed by atoms with van der Waals surface area (Å²) in [6.45, 7) is 5.67. The second-order valence-corrected chi connectivity index (χ2v) is 8.24. The van der Waals surface area contributed by atoms with Crippen molar-refractivity contribution in [3.05, 3.63) is 75.2 Å². The van der Waals surface area contributed by atoms with Gasteiger partial charge in [0.05, 0.1) is 17.6 Å². The molecular formula is C22H21ClN8O2. The van der Waals surface area contributed by atoms with Gasteiger partial charge in [-0.1, -0.05) is 29.8 Å². The van der Waals surface area contributed by atoms with Crippen LogP contribution in [-0.4, -0.2) is 66.3 Å². The highest BCUT2D eigenvalue weighted by Crippen LogP contribution is 2.23. The molecule has 1 aliphatic heterocycles. The number of aryl methyl sites for hydroxylation is 2. The topological polar surface area (TPSA) is 102 Å². The molecule has 4 heterocycles. The van der Waals surface area contributed by atoms with Gasteiger partial charge in [0.1, 0.15) is 5.02 Å². The average molecular weight is 465 g/mol. The largest absolute Gasteiger partial charge is 0.365 e. The molecule has 0 saturated carbocycles. The third kappa shape index (κ3) is 3.82. The van der Waals surface area contributed by atoms with Gasteiger partial charge in [-0.25, -0.2) is 9.50 Å². The van der Waals surface area contributed by atoms with Crippen molar-refractivity contribution in [2.75, 3.05) is 31.1 Å². The number of aromatic nitrogens is 6. The van der Waals surface area contributed by atoms with Gasteiger partial charge in [0, 0.05) is 37.6 Å². The second kappa shape index (κ2) is 8.28. The van der Waals surface area contributed by atoms with Gasteiger partial charge >= 0.3 is 0 Å². The predicted octanol–water partition coefficient (Wildman–Crippen LogP) is 1.90. The Morgan fingerprint density at radius 3 is 2.48 bits per heavy atom. The fourth-order valence-corrected chi connectivity index (χ4v) is 4.19. The summed E-state index contributed by atoms with van der Waals surface area (Å²) in [6, 6.07) is 11.0. The number of fused-ring (bicyclic) bond motifs is 1. The summed E-state index contributed by atoms with van der Waals surface area (Å²) < 4.78 is 2.85. The number of halogens is 1. The first-order valence-electron chi connectivity index (χ1n) is 10.5. The van der Waals surface area contributed by atoms with Crippen LogP contribution in [0.1, 0.15) is 22.0 Å². The number of anilines is 1. The lowest BCUT2D eigenvalue weighted by atomic mass is 10.2. The predicted molar refractivity (Wildman–Crippen MR) is 123 cm³/mol. The van der Waals surface area contributed by atoms with E-state index in [9.17, 15) is 9.59 Å². The van der Waals surface area contributed by atoms with Crippen LogP contribution in [0.3, 0.4) is 0 Å². The zero-order chi connectivity index (χ0) is 23.1. The highest BCUT2D eigenvalue weighted by Gasteiger charge is 2.27. The van der Waals surface area contributed by atoms with E-state index in [0.717, 1.165) is 11.4 Å². The van der Waals surface area contributed by atoms with E-state index in [0.29, 0.717) is 43.3 Å². The Labute approximate surface area is 194 Å². The summed E-state index contributed by atoms with van der Waals surface area (Å²) in [5, 5.41) is 8.73. The van der Waals surface area contributed by atoms with Crippen molar-refractivity contribution in [3.63, 3.8) is 0 Å².